The normalized spacial score (nSPS) is 21.0. The molecule has 9 rings (SSSR count). The zero-order valence-corrected chi connectivity index (χ0v) is 32.7. The first-order valence-corrected chi connectivity index (χ1v) is 19.9. The highest BCUT2D eigenvalue weighted by molar-refractivity contribution is 6.06. The topological polar surface area (TPSA) is 113 Å². The van der Waals surface area contributed by atoms with Crippen molar-refractivity contribution in [3.8, 4) is 22.9 Å². The van der Waals surface area contributed by atoms with Gasteiger partial charge in [-0.1, -0.05) is 30.3 Å². The Hall–Kier alpha value is -5.01. The van der Waals surface area contributed by atoms with E-state index in [9.17, 15) is 4.79 Å². The van der Waals surface area contributed by atoms with Crippen LogP contribution in [0.5, 0.6) is 11.8 Å². The number of ether oxygens (including phenoxy) is 5. The number of benzene rings is 3. The number of fused-ring (bicyclic) bond motifs is 4. The van der Waals surface area contributed by atoms with Crippen LogP contribution in [0.3, 0.4) is 0 Å². The minimum Gasteiger partial charge on any atom is -0.486 e. The number of halogens is 1. The average molecular weight is 765 g/mol. The van der Waals surface area contributed by atoms with Crippen LogP contribution in [-0.2, 0) is 20.8 Å². The fraction of sp³-hybridized carbons (Fsp3) is 0.488. The van der Waals surface area contributed by atoms with E-state index in [0.717, 1.165) is 77.4 Å². The molecule has 0 radical (unpaired) electrons. The summed E-state index contributed by atoms with van der Waals surface area (Å²) in [5.41, 5.74) is 5.44. The molecule has 1 saturated carbocycles. The minimum absolute atomic E-state index is 0.00135. The van der Waals surface area contributed by atoms with Gasteiger partial charge in [0.15, 0.2) is 12.0 Å². The second kappa shape index (κ2) is 14.5. The number of piperazine rings is 1. The van der Waals surface area contributed by atoms with E-state index < -0.39 is 5.79 Å². The number of hydrogen-bond donors (Lipinski definition) is 0. The number of aromatic nitrogens is 4. The molecule has 5 aromatic rings. The van der Waals surface area contributed by atoms with Crippen LogP contribution in [0.15, 0.2) is 48.7 Å². The number of carbonyl (C=O) groups excluding carboxylic acids is 1. The molecule has 3 aliphatic heterocycles. The largest absolute Gasteiger partial charge is 0.486 e. The zero-order valence-electron chi connectivity index (χ0n) is 32.7. The SMILES string of the molecule is CCOc1nc(N2C[C@@H]3C[C@H]2CN3C(=O)OC(C)(C)OC)c2cc(C3CC3)c(-c3c(C)c(F)cc4c3cnn4C3CCCCO3)c(OCc3ccccc3)c2n1. The molecule has 0 spiro atoms. The van der Waals surface area contributed by atoms with Crippen molar-refractivity contribution in [2.75, 3.05) is 38.3 Å². The summed E-state index contributed by atoms with van der Waals surface area (Å²) in [5, 5.41) is 6.49. The number of methoxy groups -OCH3 is 1. The maximum Gasteiger partial charge on any atom is 0.412 e. The molecule has 0 N–H and O–H groups in total. The van der Waals surface area contributed by atoms with Crippen LogP contribution >= 0.6 is 0 Å². The maximum atomic E-state index is 16.4. The predicted molar refractivity (Wildman–Crippen MR) is 210 cm³/mol. The van der Waals surface area contributed by atoms with Gasteiger partial charge in [0.1, 0.15) is 23.8 Å². The second-order valence-electron chi connectivity index (χ2n) is 15.9. The van der Waals surface area contributed by atoms with E-state index in [1.807, 2.05) is 55.1 Å². The molecule has 1 aliphatic carbocycles. The molecule has 3 saturated heterocycles. The first-order chi connectivity index (χ1) is 27.1. The van der Waals surface area contributed by atoms with Crippen LogP contribution in [0, 0.1) is 12.7 Å². The highest BCUT2D eigenvalue weighted by Gasteiger charge is 2.48. The molecule has 5 heterocycles. The van der Waals surface area contributed by atoms with E-state index in [-0.39, 0.29) is 48.8 Å². The fourth-order valence-corrected chi connectivity index (χ4v) is 8.66. The summed E-state index contributed by atoms with van der Waals surface area (Å²) >= 11 is 0. The molecule has 13 heteroatoms. The van der Waals surface area contributed by atoms with Gasteiger partial charge in [-0.05, 0) is 81.0 Å². The number of likely N-dealkylation sites (tertiary alicyclic amines) is 1. The lowest BCUT2D eigenvalue weighted by atomic mass is 9.88. The van der Waals surface area contributed by atoms with Crippen molar-refractivity contribution >= 4 is 33.7 Å². The summed E-state index contributed by atoms with van der Waals surface area (Å²) < 4.78 is 48.5. The molecule has 2 aromatic heterocycles. The lowest BCUT2D eigenvalue weighted by Gasteiger charge is -2.36. The summed E-state index contributed by atoms with van der Waals surface area (Å²) in [7, 11) is 1.53. The van der Waals surface area contributed by atoms with E-state index in [1.165, 1.54) is 7.11 Å². The van der Waals surface area contributed by atoms with Gasteiger partial charge in [0.25, 0.3) is 0 Å². The van der Waals surface area contributed by atoms with Crippen molar-refractivity contribution in [2.45, 2.75) is 103 Å². The Morgan fingerprint density at radius 3 is 2.52 bits per heavy atom. The predicted octanol–water partition coefficient (Wildman–Crippen LogP) is 8.43. The van der Waals surface area contributed by atoms with Gasteiger partial charge in [-0.15, -0.1) is 0 Å². The fourth-order valence-electron chi connectivity index (χ4n) is 8.66. The maximum absolute atomic E-state index is 16.4. The van der Waals surface area contributed by atoms with Crippen LogP contribution in [-0.4, -0.2) is 82.0 Å². The monoisotopic (exact) mass is 764 g/mol. The third-order valence-corrected chi connectivity index (χ3v) is 11.8. The molecule has 56 heavy (non-hydrogen) atoms. The van der Waals surface area contributed by atoms with Crippen molar-refractivity contribution in [1.29, 1.82) is 0 Å². The molecular weight excluding hydrogens is 716 g/mol. The van der Waals surface area contributed by atoms with Crippen LogP contribution in [0.1, 0.15) is 88.1 Å². The molecule has 1 unspecified atom stereocenters. The Labute approximate surface area is 325 Å². The van der Waals surface area contributed by atoms with E-state index in [2.05, 4.69) is 11.0 Å². The average Bonchev–Trinajstić information content (AvgIpc) is 3.64. The van der Waals surface area contributed by atoms with Gasteiger partial charge in [0.2, 0.25) is 5.79 Å². The number of nitrogens with zero attached hydrogens (tertiary/aromatic N) is 6. The van der Waals surface area contributed by atoms with Gasteiger partial charge in [-0.25, -0.2) is 13.9 Å². The lowest BCUT2D eigenvalue weighted by molar-refractivity contribution is -0.164. The Morgan fingerprint density at radius 2 is 1.82 bits per heavy atom. The number of amides is 1. The third-order valence-electron chi connectivity index (χ3n) is 11.8. The van der Waals surface area contributed by atoms with Gasteiger partial charge < -0.3 is 33.5 Å². The number of carbonyl (C=O) groups is 1. The number of anilines is 1. The highest BCUT2D eigenvalue weighted by atomic mass is 19.1. The van der Waals surface area contributed by atoms with Crippen LogP contribution in [0.4, 0.5) is 15.0 Å². The van der Waals surface area contributed by atoms with Crippen molar-refractivity contribution in [1.82, 2.24) is 24.6 Å². The van der Waals surface area contributed by atoms with Crippen molar-refractivity contribution in [3.05, 3.63) is 71.2 Å². The van der Waals surface area contributed by atoms with E-state index in [0.29, 0.717) is 48.6 Å². The molecule has 3 aromatic carbocycles. The Kier molecular flexibility index (Phi) is 9.48. The summed E-state index contributed by atoms with van der Waals surface area (Å²) in [4.78, 5) is 27.5. The summed E-state index contributed by atoms with van der Waals surface area (Å²) in [5.74, 6) is 0.189. The van der Waals surface area contributed by atoms with E-state index in [1.54, 1.807) is 24.8 Å². The van der Waals surface area contributed by atoms with Crippen LogP contribution < -0.4 is 14.4 Å². The smallest absolute Gasteiger partial charge is 0.412 e. The van der Waals surface area contributed by atoms with Crippen molar-refractivity contribution in [2.24, 2.45) is 0 Å². The minimum atomic E-state index is -1.03. The van der Waals surface area contributed by atoms with Gasteiger partial charge >= 0.3 is 12.1 Å². The van der Waals surface area contributed by atoms with E-state index in [4.69, 9.17) is 38.8 Å². The first-order valence-electron chi connectivity index (χ1n) is 19.9. The molecule has 294 valence electrons. The number of hydrogen-bond acceptors (Lipinski definition) is 10. The quantitative estimate of drug-likeness (QED) is 0.122. The first kappa shape index (κ1) is 36.6. The molecule has 12 nitrogen and oxygen atoms in total. The molecular formula is C43H49FN6O6. The zero-order chi connectivity index (χ0) is 38.7. The summed E-state index contributed by atoms with van der Waals surface area (Å²) in [6.45, 7) is 9.54. The standard InChI is InChI=1S/C43H49FN6O6/c1-6-53-41-46-38-31(40(47-41)48-22-29-18-28(48)23-49(29)42(51)56-43(3,4)52-5)19-30(27-15-16-27)37(39(38)55-24-26-12-8-7-9-13-26)36-25(2)33(44)20-34-32(36)21-45-50(34)35-14-10-11-17-54-35/h7-9,12-13,19-21,27-29,35H,6,10-11,14-18,22-24H2,1-5H3/t28-,29-,35?/m0/s1. The molecule has 3 atom stereocenters. The van der Waals surface area contributed by atoms with Crippen LogP contribution in [0.25, 0.3) is 32.9 Å². The van der Waals surface area contributed by atoms with Crippen molar-refractivity contribution in [3.63, 3.8) is 0 Å². The van der Waals surface area contributed by atoms with E-state index >= 15 is 4.39 Å². The van der Waals surface area contributed by atoms with Crippen molar-refractivity contribution < 1.29 is 32.9 Å². The van der Waals surface area contributed by atoms with Gasteiger partial charge in [0.05, 0.1) is 30.4 Å². The number of rotatable bonds is 11. The van der Waals surface area contributed by atoms with Gasteiger partial charge in [-0.3, -0.25) is 0 Å². The molecule has 1 amide bonds. The summed E-state index contributed by atoms with van der Waals surface area (Å²) in [6, 6.07) is 14.0. The van der Waals surface area contributed by atoms with Gasteiger partial charge in [-0.2, -0.15) is 15.1 Å². The second-order valence-corrected chi connectivity index (χ2v) is 15.9. The Balaban J connectivity index is 1.23. The summed E-state index contributed by atoms with van der Waals surface area (Å²) in [6.07, 6.45) is 6.82. The van der Waals surface area contributed by atoms with Crippen LogP contribution in [0.2, 0.25) is 0 Å². The highest BCUT2D eigenvalue weighted by Crippen LogP contribution is 2.54. The Morgan fingerprint density at radius 1 is 1.00 bits per heavy atom. The van der Waals surface area contributed by atoms with Gasteiger partial charge in [0, 0.05) is 68.6 Å². The molecule has 4 aliphatic rings. The molecule has 4 fully saturated rings. The Bertz CT molecular complexity index is 2290. The lowest BCUT2D eigenvalue weighted by Crippen LogP contribution is -2.50. The third kappa shape index (κ3) is 6.58. The molecule has 2 bridgehead atoms.